The van der Waals surface area contributed by atoms with Gasteiger partial charge in [0.05, 0.1) is 24.2 Å². The minimum atomic E-state index is 0.0200. The molecular formula is C26H29ClN2O2. The van der Waals surface area contributed by atoms with Crippen LogP contribution < -0.4 is 4.74 Å². The summed E-state index contributed by atoms with van der Waals surface area (Å²) in [4.78, 5) is 15.6. The number of amides is 1. The number of nitrogens with zero attached hydrogens (tertiary/aromatic N) is 2. The Morgan fingerprint density at radius 3 is 2.65 bits per heavy atom. The van der Waals surface area contributed by atoms with Crippen LogP contribution in [0.25, 0.3) is 0 Å². The average molecular weight is 437 g/mol. The number of aromatic nitrogens is 1. The Labute approximate surface area is 189 Å². The predicted octanol–water partition coefficient (Wildman–Crippen LogP) is 6.17. The highest BCUT2D eigenvalue weighted by atomic mass is 35.5. The molecule has 3 aromatic rings. The first-order valence-corrected chi connectivity index (χ1v) is 11.4. The molecule has 0 unspecified atom stereocenters. The number of hydrogen-bond acceptors (Lipinski definition) is 2. The zero-order valence-electron chi connectivity index (χ0n) is 18.0. The minimum absolute atomic E-state index is 0.0200. The van der Waals surface area contributed by atoms with Crippen LogP contribution in [0.4, 0.5) is 0 Å². The van der Waals surface area contributed by atoms with Gasteiger partial charge in [-0.3, -0.25) is 4.79 Å². The molecule has 0 radical (unpaired) electrons. The molecular weight excluding hydrogens is 408 g/mol. The molecule has 1 fully saturated rings. The van der Waals surface area contributed by atoms with Gasteiger partial charge in [-0.05, 0) is 54.8 Å². The molecule has 0 N–H and O–H groups in total. The van der Waals surface area contributed by atoms with Crippen LogP contribution in [-0.2, 0) is 13.1 Å². The highest BCUT2D eigenvalue weighted by Crippen LogP contribution is 2.28. The molecule has 4 nitrogen and oxygen atoms in total. The molecule has 162 valence electrons. The average Bonchev–Trinajstić information content (AvgIpc) is 3.24. The number of rotatable bonds is 7. The van der Waals surface area contributed by atoms with E-state index in [1.165, 1.54) is 24.8 Å². The Morgan fingerprint density at radius 1 is 1.06 bits per heavy atom. The summed E-state index contributed by atoms with van der Waals surface area (Å²) in [5, 5.41) is 0.514. The van der Waals surface area contributed by atoms with E-state index in [-0.39, 0.29) is 11.9 Å². The normalized spacial score (nSPS) is 14.4. The molecule has 5 heteroatoms. The largest absolute Gasteiger partial charge is 0.497 e. The lowest BCUT2D eigenvalue weighted by molar-refractivity contribution is 0.0609. The second-order valence-electron chi connectivity index (χ2n) is 8.18. The lowest BCUT2D eigenvalue weighted by Gasteiger charge is -2.35. The third kappa shape index (κ3) is 5.13. The number of methoxy groups -OCH3 is 1. The summed E-state index contributed by atoms with van der Waals surface area (Å²) in [6.45, 7) is 1.31. The number of carbonyl (C=O) groups excluding carboxylic acids is 1. The molecule has 31 heavy (non-hydrogen) atoms. The van der Waals surface area contributed by atoms with E-state index in [1.54, 1.807) is 13.2 Å². The summed E-state index contributed by atoms with van der Waals surface area (Å²) in [7, 11) is 1.68. The summed E-state index contributed by atoms with van der Waals surface area (Å²) in [6.07, 6.45) is 7.76. The van der Waals surface area contributed by atoms with Crippen LogP contribution in [0.3, 0.4) is 0 Å². The van der Waals surface area contributed by atoms with Crippen LogP contribution in [0.1, 0.15) is 53.7 Å². The van der Waals surface area contributed by atoms with Gasteiger partial charge in [0.15, 0.2) is 0 Å². The first-order valence-electron chi connectivity index (χ1n) is 11.0. The minimum Gasteiger partial charge on any atom is -0.497 e. The third-order valence-corrected chi connectivity index (χ3v) is 6.45. The Bertz CT molecular complexity index is 1020. The Hall–Kier alpha value is -2.72. The maximum Gasteiger partial charge on any atom is 0.255 e. The lowest BCUT2D eigenvalue weighted by Crippen LogP contribution is -2.41. The van der Waals surface area contributed by atoms with Crippen molar-refractivity contribution in [1.82, 2.24) is 9.47 Å². The van der Waals surface area contributed by atoms with Crippen LogP contribution in [0, 0.1) is 0 Å². The smallest absolute Gasteiger partial charge is 0.255 e. The van der Waals surface area contributed by atoms with Crippen molar-refractivity contribution in [2.75, 3.05) is 7.11 Å². The first kappa shape index (κ1) is 21.5. The Kier molecular flexibility index (Phi) is 6.98. The van der Waals surface area contributed by atoms with Gasteiger partial charge in [0.1, 0.15) is 5.75 Å². The van der Waals surface area contributed by atoms with Crippen molar-refractivity contribution in [2.24, 2.45) is 0 Å². The molecule has 0 aliphatic heterocycles. The van der Waals surface area contributed by atoms with Gasteiger partial charge in [-0.25, -0.2) is 0 Å². The molecule has 1 amide bonds. The Balaban J connectivity index is 1.59. The van der Waals surface area contributed by atoms with E-state index in [4.69, 9.17) is 16.3 Å². The fraction of sp³-hybridized carbons (Fsp3) is 0.346. The fourth-order valence-electron chi connectivity index (χ4n) is 4.44. The molecule has 2 aromatic carbocycles. The molecule has 1 aromatic heterocycles. The van der Waals surface area contributed by atoms with Gasteiger partial charge in [0, 0.05) is 24.5 Å². The van der Waals surface area contributed by atoms with Crippen molar-refractivity contribution in [2.45, 2.75) is 51.2 Å². The van der Waals surface area contributed by atoms with Gasteiger partial charge in [-0.1, -0.05) is 55.1 Å². The first-order chi connectivity index (χ1) is 15.2. The van der Waals surface area contributed by atoms with Gasteiger partial charge in [0.25, 0.3) is 5.91 Å². The number of benzene rings is 2. The number of ether oxygens (including phenoxy) is 1. The number of halogens is 1. The lowest BCUT2D eigenvalue weighted by atomic mass is 9.93. The molecule has 1 heterocycles. The van der Waals surface area contributed by atoms with Gasteiger partial charge >= 0.3 is 0 Å². The van der Waals surface area contributed by atoms with Crippen molar-refractivity contribution < 1.29 is 9.53 Å². The second-order valence-corrected chi connectivity index (χ2v) is 8.59. The van der Waals surface area contributed by atoms with Crippen molar-refractivity contribution in [1.29, 1.82) is 0 Å². The second kappa shape index (κ2) is 10.1. The SMILES string of the molecule is COc1cccc(Cn2cccc2CN(C(=O)c2ccccc2Cl)C2CCCCC2)c1. The van der Waals surface area contributed by atoms with Gasteiger partial charge in [-0.2, -0.15) is 0 Å². The van der Waals surface area contributed by atoms with E-state index < -0.39 is 0 Å². The molecule has 1 aliphatic rings. The summed E-state index contributed by atoms with van der Waals surface area (Å²) in [5.74, 6) is 0.871. The standard InChI is InChI=1S/C26H29ClN2O2/c1-31-23-13-7-9-20(17-23)18-28-16-8-12-22(28)19-29(21-10-3-2-4-11-21)26(30)24-14-5-6-15-25(24)27/h5-9,12-17,21H,2-4,10-11,18-19H2,1H3. The fourth-order valence-corrected chi connectivity index (χ4v) is 4.65. The van der Waals surface area contributed by atoms with E-state index in [2.05, 4.69) is 35.0 Å². The quantitative estimate of drug-likeness (QED) is 0.443. The van der Waals surface area contributed by atoms with Crippen LogP contribution in [0.15, 0.2) is 66.9 Å². The molecule has 0 saturated heterocycles. The van der Waals surface area contributed by atoms with E-state index in [9.17, 15) is 4.79 Å². The van der Waals surface area contributed by atoms with Gasteiger partial charge in [-0.15, -0.1) is 0 Å². The van der Waals surface area contributed by atoms with Crippen molar-refractivity contribution in [3.63, 3.8) is 0 Å². The maximum absolute atomic E-state index is 13.6. The molecule has 0 atom stereocenters. The van der Waals surface area contributed by atoms with Crippen molar-refractivity contribution in [3.05, 3.63) is 88.7 Å². The van der Waals surface area contributed by atoms with Gasteiger partial charge in [0.2, 0.25) is 0 Å². The summed E-state index contributed by atoms with van der Waals surface area (Å²) >= 11 is 6.39. The van der Waals surface area contributed by atoms with Crippen molar-refractivity contribution in [3.8, 4) is 5.75 Å². The third-order valence-electron chi connectivity index (χ3n) is 6.12. The molecule has 0 spiro atoms. The molecule has 4 rings (SSSR count). The molecule has 1 aliphatic carbocycles. The summed E-state index contributed by atoms with van der Waals surface area (Å²) in [6, 6.07) is 19.9. The van der Waals surface area contributed by atoms with E-state index in [1.807, 2.05) is 35.2 Å². The van der Waals surface area contributed by atoms with Gasteiger partial charge < -0.3 is 14.2 Å². The zero-order valence-corrected chi connectivity index (χ0v) is 18.7. The topological polar surface area (TPSA) is 34.5 Å². The highest BCUT2D eigenvalue weighted by Gasteiger charge is 2.28. The van der Waals surface area contributed by atoms with Crippen LogP contribution >= 0.6 is 11.6 Å². The monoisotopic (exact) mass is 436 g/mol. The van der Waals surface area contributed by atoms with Crippen LogP contribution in [0.2, 0.25) is 5.02 Å². The number of hydrogen-bond donors (Lipinski definition) is 0. The van der Waals surface area contributed by atoms with E-state index in [0.717, 1.165) is 30.8 Å². The summed E-state index contributed by atoms with van der Waals surface area (Å²) < 4.78 is 7.58. The van der Waals surface area contributed by atoms with E-state index >= 15 is 0 Å². The molecule has 0 bridgehead atoms. The van der Waals surface area contributed by atoms with E-state index in [0.29, 0.717) is 17.1 Å². The Morgan fingerprint density at radius 2 is 1.87 bits per heavy atom. The summed E-state index contributed by atoms with van der Waals surface area (Å²) in [5.41, 5.74) is 2.87. The maximum atomic E-state index is 13.6. The predicted molar refractivity (Wildman–Crippen MR) is 125 cm³/mol. The van der Waals surface area contributed by atoms with Crippen molar-refractivity contribution >= 4 is 17.5 Å². The highest BCUT2D eigenvalue weighted by molar-refractivity contribution is 6.33. The van der Waals surface area contributed by atoms with Crippen LogP contribution in [0.5, 0.6) is 5.75 Å². The zero-order chi connectivity index (χ0) is 21.6. The molecule has 1 saturated carbocycles. The number of carbonyl (C=O) groups is 1. The van der Waals surface area contributed by atoms with Crippen LogP contribution in [-0.4, -0.2) is 28.5 Å².